The number of ether oxygens (including phenoxy) is 3. The van der Waals surface area contributed by atoms with Crippen LogP contribution in [0.15, 0.2) is 78.2 Å². The zero-order chi connectivity index (χ0) is 35.5. The summed E-state index contributed by atoms with van der Waals surface area (Å²) in [5.74, 6) is 0.262. The molecule has 0 saturated carbocycles. The maximum atomic E-state index is 13.0. The predicted molar refractivity (Wildman–Crippen MR) is 190 cm³/mol. The lowest BCUT2D eigenvalue weighted by molar-refractivity contribution is -0.190. The van der Waals surface area contributed by atoms with Gasteiger partial charge in [-0.2, -0.15) is 5.10 Å². The van der Waals surface area contributed by atoms with Crippen molar-refractivity contribution in [3.05, 3.63) is 99.5 Å². The molecule has 2 unspecified atom stereocenters. The number of hydrogen-bond acceptors (Lipinski definition) is 12. The number of aliphatic hydroxyl groups excluding tert-OH is 1. The number of benzene rings is 2. The Hall–Kier alpha value is -4.54. The van der Waals surface area contributed by atoms with Crippen molar-refractivity contribution < 1.29 is 19.3 Å². The second-order valence-electron chi connectivity index (χ2n) is 12.5. The van der Waals surface area contributed by atoms with Crippen molar-refractivity contribution in [2.24, 2.45) is 0 Å². The molecule has 1 N–H and O–H groups in total. The number of halogens is 2. The minimum absolute atomic E-state index is 0.186. The average Bonchev–Trinajstić information content (AvgIpc) is 3.90. The fraction of sp³-hybridized carbons (Fsp3) is 0.412. The summed E-state index contributed by atoms with van der Waals surface area (Å²) in [4.78, 5) is 22.2. The fourth-order valence-corrected chi connectivity index (χ4v) is 7.06. The van der Waals surface area contributed by atoms with Crippen LogP contribution in [0.3, 0.4) is 0 Å². The summed E-state index contributed by atoms with van der Waals surface area (Å²) in [5.41, 5.74) is 2.15. The molecule has 51 heavy (non-hydrogen) atoms. The van der Waals surface area contributed by atoms with Gasteiger partial charge < -0.3 is 29.1 Å². The van der Waals surface area contributed by atoms with Gasteiger partial charge in [-0.15, -0.1) is 5.10 Å². The summed E-state index contributed by atoms with van der Waals surface area (Å²) >= 11 is 12.7. The molecule has 3 aromatic heterocycles. The van der Waals surface area contributed by atoms with Crippen LogP contribution >= 0.6 is 23.2 Å². The van der Waals surface area contributed by atoms with Gasteiger partial charge in [-0.25, -0.2) is 23.7 Å². The molecule has 2 saturated heterocycles. The van der Waals surface area contributed by atoms with Gasteiger partial charge in [-0.3, -0.25) is 0 Å². The van der Waals surface area contributed by atoms with Crippen LogP contribution in [0.2, 0.25) is 10.0 Å². The maximum absolute atomic E-state index is 13.0. The van der Waals surface area contributed by atoms with Crippen LogP contribution in [-0.4, -0.2) is 96.2 Å². The highest BCUT2D eigenvalue weighted by Crippen LogP contribution is 2.40. The monoisotopic (exact) mass is 736 g/mol. The Morgan fingerprint density at radius 3 is 2.45 bits per heavy atom. The summed E-state index contributed by atoms with van der Waals surface area (Å²) in [7, 11) is 0. The quantitative estimate of drug-likeness (QED) is 0.199. The highest BCUT2D eigenvalue weighted by Gasteiger charge is 2.46. The van der Waals surface area contributed by atoms with Crippen LogP contribution in [0, 0.1) is 0 Å². The number of anilines is 2. The average molecular weight is 738 g/mol. The number of hydrogen-bond donors (Lipinski definition) is 1. The van der Waals surface area contributed by atoms with E-state index in [0.29, 0.717) is 27.8 Å². The van der Waals surface area contributed by atoms with E-state index in [0.717, 1.165) is 43.4 Å². The van der Waals surface area contributed by atoms with Crippen LogP contribution in [0.1, 0.15) is 31.9 Å². The predicted octanol–water partition coefficient (Wildman–Crippen LogP) is 3.73. The van der Waals surface area contributed by atoms with E-state index >= 15 is 0 Å². The maximum Gasteiger partial charge on any atom is 0.350 e. The zero-order valence-corrected chi connectivity index (χ0v) is 29.6. The van der Waals surface area contributed by atoms with Crippen molar-refractivity contribution in [3.63, 3.8) is 0 Å². The van der Waals surface area contributed by atoms with Gasteiger partial charge in [-0.05, 0) is 72.3 Å². The molecule has 0 spiro atoms. The van der Waals surface area contributed by atoms with E-state index in [4.69, 9.17) is 37.4 Å². The molecular formula is C34H38Cl2N10O5. The molecule has 17 heteroatoms. The van der Waals surface area contributed by atoms with Gasteiger partial charge in [0.25, 0.3) is 0 Å². The van der Waals surface area contributed by atoms with Gasteiger partial charge in [0.05, 0.1) is 35.7 Å². The first-order valence-corrected chi connectivity index (χ1v) is 17.5. The Kier molecular flexibility index (Phi) is 10.2. The molecule has 2 fully saturated rings. The highest BCUT2D eigenvalue weighted by atomic mass is 35.5. The smallest absolute Gasteiger partial charge is 0.350 e. The minimum atomic E-state index is -1.22. The van der Waals surface area contributed by atoms with E-state index in [1.54, 1.807) is 31.3 Å². The highest BCUT2D eigenvalue weighted by molar-refractivity contribution is 6.35. The van der Waals surface area contributed by atoms with Gasteiger partial charge in [0.1, 0.15) is 43.5 Å². The van der Waals surface area contributed by atoms with Crippen molar-refractivity contribution in [3.8, 4) is 11.4 Å². The van der Waals surface area contributed by atoms with Crippen molar-refractivity contribution >= 4 is 34.7 Å². The standard InChI is InChI=1S/C34H38Cl2N10O5/c1-3-31(23(2)47)46-33(48)45(22-39-46)26-7-5-25(6-8-26)42-12-14-43(15-13-42)32-11-9-27(17-37-32)49-18-28-19-50-34(51-28,20-44-21-38-40-41-44)29-10-4-24(35)16-30(29)36/h4-11,16-17,21-23,28,31,47H,3,12-15,18-20H2,1-2H3/t23?,28-,31?,34-/m1/s1. The molecule has 0 bridgehead atoms. The molecule has 0 amide bonds. The lowest BCUT2D eigenvalue weighted by Crippen LogP contribution is -2.46. The Morgan fingerprint density at radius 2 is 1.78 bits per heavy atom. The Labute approximate surface area is 303 Å². The fourth-order valence-electron chi connectivity index (χ4n) is 6.51. The van der Waals surface area contributed by atoms with E-state index in [1.807, 2.05) is 43.3 Å². The zero-order valence-electron chi connectivity index (χ0n) is 28.1. The lowest BCUT2D eigenvalue weighted by Gasteiger charge is -2.36. The first-order valence-electron chi connectivity index (χ1n) is 16.7. The van der Waals surface area contributed by atoms with Crippen molar-refractivity contribution in [2.75, 3.05) is 49.2 Å². The second-order valence-corrected chi connectivity index (χ2v) is 13.4. The molecule has 0 radical (unpaired) electrons. The molecule has 2 aromatic carbocycles. The third-order valence-corrected chi connectivity index (χ3v) is 9.75. The van der Waals surface area contributed by atoms with Gasteiger partial charge in [-0.1, -0.05) is 36.2 Å². The Morgan fingerprint density at radius 1 is 1.02 bits per heavy atom. The number of aliphatic hydroxyl groups is 1. The SMILES string of the molecule is CCC(C(C)O)n1ncn(-c2ccc(N3CCN(c4ccc(OC[C@@H]5CO[C@@](Cn6cnnn6)(c6ccc(Cl)cc6Cl)O5)cn4)CC3)cc2)c1=O. The molecule has 4 atom stereocenters. The van der Waals surface area contributed by atoms with E-state index in [-0.39, 0.29) is 31.5 Å². The summed E-state index contributed by atoms with van der Waals surface area (Å²) in [6.07, 6.45) is 4.24. The van der Waals surface area contributed by atoms with Crippen LogP contribution in [0.25, 0.3) is 5.69 Å². The molecule has 15 nitrogen and oxygen atoms in total. The third kappa shape index (κ3) is 7.44. The number of pyridine rings is 1. The normalized spacial score (nSPS) is 20.5. The topological polar surface area (TPSA) is 151 Å². The van der Waals surface area contributed by atoms with E-state index < -0.39 is 18.0 Å². The van der Waals surface area contributed by atoms with E-state index in [2.05, 4.69) is 35.4 Å². The first kappa shape index (κ1) is 34.9. The number of piperazine rings is 1. The largest absolute Gasteiger partial charge is 0.489 e. The molecule has 2 aliphatic heterocycles. The van der Waals surface area contributed by atoms with Gasteiger partial charge in [0.15, 0.2) is 0 Å². The van der Waals surface area contributed by atoms with Crippen LogP contribution in [0.5, 0.6) is 5.75 Å². The van der Waals surface area contributed by atoms with Gasteiger partial charge >= 0.3 is 5.69 Å². The number of aromatic nitrogens is 8. The molecule has 7 rings (SSSR count). The summed E-state index contributed by atoms with van der Waals surface area (Å²) in [6, 6.07) is 16.5. The van der Waals surface area contributed by atoms with E-state index in [1.165, 1.54) is 26.6 Å². The van der Waals surface area contributed by atoms with Crippen LogP contribution in [-0.2, 0) is 21.8 Å². The van der Waals surface area contributed by atoms with Crippen molar-refractivity contribution in [1.29, 1.82) is 0 Å². The lowest BCUT2D eigenvalue weighted by atomic mass is 10.1. The molecule has 2 aliphatic rings. The Balaban J connectivity index is 0.923. The first-order chi connectivity index (χ1) is 24.7. The summed E-state index contributed by atoms with van der Waals surface area (Å²) in [5, 5.41) is 26.6. The van der Waals surface area contributed by atoms with Crippen LogP contribution < -0.4 is 20.2 Å². The molecule has 5 heterocycles. The van der Waals surface area contributed by atoms with Gasteiger partial charge in [0, 0.05) is 42.5 Å². The molecule has 268 valence electrons. The molecule has 0 aliphatic carbocycles. The summed E-state index contributed by atoms with van der Waals surface area (Å²) in [6.45, 7) is 7.50. The van der Waals surface area contributed by atoms with Crippen molar-refractivity contribution in [2.45, 2.75) is 50.8 Å². The minimum Gasteiger partial charge on any atom is -0.489 e. The van der Waals surface area contributed by atoms with E-state index in [9.17, 15) is 9.90 Å². The molecular weight excluding hydrogens is 699 g/mol. The number of tetrazole rings is 1. The Bertz CT molecular complexity index is 1960. The summed E-state index contributed by atoms with van der Waals surface area (Å²) < 4.78 is 23.1. The second kappa shape index (κ2) is 15.0. The molecule has 5 aromatic rings. The van der Waals surface area contributed by atoms with Gasteiger partial charge in [0.2, 0.25) is 5.79 Å². The third-order valence-electron chi connectivity index (χ3n) is 9.20. The number of rotatable bonds is 12. The van der Waals surface area contributed by atoms with Crippen molar-refractivity contribution in [1.82, 2.24) is 39.5 Å². The number of nitrogens with zero attached hydrogens (tertiary/aromatic N) is 10. The van der Waals surface area contributed by atoms with Crippen LogP contribution in [0.4, 0.5) is 11.5 Å².